The smallest absolute Gasteiger partial charge is 0.254 e. The maximum Gasteiger partial charge on any atom is 0.254 e. The van der Waals surface area contributed by atoms with E-state index in [0.29, 0.717) is 18.3 Å². The first-order valence-electron chi connectivity index (χ1n) is 8.84. The molecular formula is C20H20N4O2. The zero-order valence-electron chi connectivity index (χ0n) is 14.6. The fourth-order valence-corrected chi connectivity index (χ4v) is 3.39. The largest absolute Gasteiger partial charge is 0.337 e. The zero-order valence-corrected chi connectivity index (χ0v) is 14.6. The number of aryl methyl sites for hydroxylation is 1. The third-order valence-corrected chi connectivity index (χ3v) is 4.80. The van der Waals surface area contributed by atoms with Crippen LogP contribution in [-0.4, -0.2) is 32.5 Å². The van der Waals surface area contributed by atoms with Crippen molar-refractivity contribution in [2.24, 2.45) is 0 Å². The van der Waals surface area contributed by atoms with Gasteiger partial charge >= 0.3 is 0 Å². The molecule has 0 spiro atoms. The number of benzene rings is 1. The van der Waals surface area contributed by atoms with E-state index in [-0.39, 0.29) is 11.9 Å². The highest BCUT2D eigenvalue weighted by molar-refractivity contribution is 5.95. The molecule has 1 saturated heterocycles. The van der Waals surface area contributed by atoms with Crippen molar-refractivity contribution in [3.63, 3.8) is 0 Å². The Kier molecular flexibility index (Phi) is 4.48. The second-order valence-corrected chi connectivity index (χ2v) is 6.52. The van der Waals surface area contributed by atoms with E-state index in [1.54, 1.807) is 12.4 Å². The number of carbonyl (C=O) groups is 1. The summed E-state index contributed by atoms with van der Waals surface area (Å²) in [6.45, 7) is 2.66. The number of piperidine rings is 1. The molecule has 6 nitrogen and oxygen atoms in total. The Balaban J connectivity index is 1.63. The first-order valence-corrected chi connectivity index (χ1v) is 8.84. The summed E-state index contributed by atoms with van der Waals surface area (Å²) in [7, 11) is 0. The monoisotopic (exact) mass is 348 g/mol. The van der Waals surface area contributed by atoms with E-state index in [4.69, 9.17) is 4.52 Å². The van der Waals surface area contributed by atoms with E-state index in [1.807, 2.05) is 48.2 Å². The molecule has 132 valence electrons. The van der Waals surface area contributed by atoms with Crippen molar-refractivity contribution in [3.05, 3.63) is 65.8 Å². The molecule has 2 aromatic heterocycles. The van der Waals surface area contributed by atoms with Gasteiger partial charge in [0, 0.05) is 30.1 Å². The summed E-state index contributed by atoms with van der Waals surface area (Å²) in [5.74, 6) is 1.05. The van der Waals surface area contributed by atoms with Crippen LogP contribution < -0.4 is 0 Å². The lowest BCUT2D eigenvalue weighted by Crippen LogP contribution is -2.39. The number of carbonyl (C=O) groups excluding carboxylic acids is 1. The Bertz CT molecular complexity index is 907. The first kappa shape index (κ1) is 16.4. The van der Waals surface area contributed by atoms with Gasteiger partial charge in [-0.2, -0.15) is 4.98 Å². The molecule has 1 aromatic carbocycles. The van der Waals surface area contributed by atoms with Crippen LogP contribution in [0.1, 0.15) is 47.1 Å². The molecule has 6 heteroatoms. The molecule has 1 fully saturated rings. The second-order valence-electron chi connectivity index (χ2n) is 6.52. The summed E-state index contributed by atoms with van der Waals surface area (Å²) in [5.41, 5.74) is 2.56. The van der Waals surface area contributed by atoms with Crippen molar-refractivity contribution in [3.8, 4) is 11.4 Å². The molecule has 0 saturated carbocycles. The molecule has 0 aliphatic carbocycles. The molecule has 1 amide bonds. The maximum atomic E-state index is 13.1. The predicted octanol–water partition coefficient (Wildman–Crippen LogP) is 3.81. The highest BCUT2D eigenvalue weighted by Gasteiger charge is 2.33. The number of hydrogen-bond donors (Lipinski definition) is 0. The molecule has 0 N–H and O–H groups in total. The Morgan fingerprint density at radius 2 is 1.96 bits per heavy atom. The summed E-state index contributed by atoms with van der Waals surface area (Å²) in [4.78, 5) is 23.5. The molecule has 1 aliphatic heterocycles. The average Bonchev–Trinajstić information content (AvgIpc) is 3.19. The molecular weight excluding hydrogens is 328 g/mol. The van der Waals surface area contributed by atoms with Crippen LogP contribution in [0.15, 0.2) is 53.3 Å². The number of likely N-dealkylation sites (tertiary alicyclic amines) is 1. The number of rotatable bonds is 3. The molecule has 1 aliphatic rings. The summed E-state index contributed by atoms with van der Waals surface area (Å²) in [6, 6.07) is 11.2. The summed E-state index contributed by atoms with van der Waals surface area (Å²) < 4.78 is 5.53. The summed E-state index contributed by atoms with van der Waals surface area (Å²) >= 11 is 0. The predicted molar refractivity (Wildman–Crippen MR) is 96.3 cm³/mol. The standard InChI is InChI=1S/C20H20N4O2/c1-14-6-2-3-7-16(14)20(25)24-13-5-4-8-17(24)19-22-18(23-26-19)15-9-11-21-12-10-15/h2-3,6-7,9-12,17H,4-5,8,13H2,1H3/t17-/m0/s1. The minimum Gasteiger partial charge on any atom is -0.337 e. The first-order chi connectivity index (χ1) is 12.7. The molecule has 0 radical (unpaired) electrons. The van der Waals surface area contributed by atoms with Crippen molar-refractivity contribution in [2.75, 3.05) is 6.54 Å². The molecule has 0 unspecified atom stereocenters. The average molecular weight is 348 g/mol. The Morgan fingerprint density at radius 3 is 2.77 bits per heavy atom. The van der Waals surface area contributed by atoms with Crippen LogP contribution in [0.25, 0.3) is 11.4 Å². The second kappa shape index (κ2) is 7.07. The number of hydrogen-bond acceptors (Lipinski definition) is 5. The van der Waals surface area contributed by atoms with Gasteiger partial charge in [0.15, 0.2) is 0 Å². The molecule has 0 bridgehead atoms. The van der Waals surface area contributed by atoms with E-state index in [0.717, 1.165) is 36.0 Å². The Hall–Kier alpha value is -3.02. The lowest BCUT2D eigenvalue weighted by atomic mass is 9.99. The van der Waals surface area contributed by atoms with Crippen molar-refractivity contribution in [2.45, 2.75) is 32.2 Å². The van der Waals surface area contributed by atoms with Crippen LogP contribution in [0.2, 0.25) is 0 Å². The molecule has 3 aromatic rings. The number of amides is 1. The highest BCUT2D eigenvalue weighted by atomic mass is 16.5. The van der Waals surface area contributed by atoms with Gasteiger partial charge in [-0.25, -0.2) is 0 Å². The van der Waals surface area contributed by atoms with Crippen LogP contribution in [0.5, 0.6) is 0 Å². The van der Waals surface area contributed by atoms with Gasteiger partial charge < -0.3 is 9.42 Å². The van der Waals surface area contributed by atoms with Crippen LogP contribution in [0.3, 0.4) is 0 Å². The van der Waals surface area contributed by atoms with Crippen LogP contribution >= 0.6 is 0 Å². The van der Waals surface area contributed by atoms with Crippen LogP contribution in [-0.2, 0) is 0 Å². The minimum atomic E-state index is -0.182. The molecule has 3 heterocycles. The van der Waals surface area contributed by atoms with Crippen LogP contribution in [0.4, 0.5) is 0 Å². The Labute approximate surface area is 151 Å². The maximum absolute atomic E-state index is 13.1. The van der Waals surface area contributed by atoms with Gasteiger partial charge in [0.05, 0.1) is 0 Å². The van der Waals surface area contributed by atoms with E-state index in [1.165, 1.54) is 0 Å². The van der Waals surface area contributed by atoms with Crippen LogP contribution in [0, 0.1) is 6.92 Å². The van der Waals surface area contributed by atoms with Gasteiger partial charge in [-0.1, -0.05) is 23.4 Å². The van der Waals surface area contributed by atoms with Gasteiger partial charge in [0.25, 0.3) is 5.91 Å². The molecule has 4 rings (SSSR count). The highest BCUT2D eigenvalue weighted by Crippen LogP contribution is 2.32. The van der Waals surface area contributed by atoms with Gasteiger partial charge in [-0.3, -0.25) is 9.78 Å². The lowest BCUT2D eigenvalue weighted by molar-refractivity contribution is 0.0560. The van der Waals surface area contributed by atoms with Crippen molar-refractivity contribution >= 4 is 5.91 Å². The Morgan fingerprint density at radius 1 is 1.15 bits per heavy atom. The van der Waals surface area contributed by atoms with Gasteiger partial charge in [-0.05, 0) is 49.9 Å². The van der Waals surface area contributed by atoms with E-state index >= 15 is 0 Å². The third kappa shape index (κ3) is 3.10. The van der Waals surface area contributed by atoms with E-state index in [9.17, 15) is 4.79 Å². The van der Waals surface area contributed by atoms with E-state index in [2.05, 4.69) is 15.1 Å². The van der Waals surface area contributed by atoms with Gasteiger partial charge in [-0.15, -0.1) is 0 Å². The van der Waals surface area contributed by atoms with Gasteiger partial charge in [0.1, 0.15) is 6.04 Å². The quantitative estimate of drug-likeness (QED) is 0.720. The summed E-state index contributed by atoms with van der Waals surface area (Å²) in [5, 5.41) is 4.09. The lowest BCUT2D eigenvalue weighted by Gasteiger charge is -2.33. The topological polar surface area (TPSA) is 72.1 Å². The fraction of sp³-hybridized carbons (Fsp3) is 0.300. The van der Waals surface area contributed by atoms with Crippen molar-refractivity contribution < 1.29 is 9.32 Å². The van der Waals surface area contributed by atoms with Gasteiger partial charge in [0.2, 0.25) is 11.7 Å². The fourth-order valence-electron chi connectivity index (χ4n) is 3.39. The normalized spacial score (nSPS) is 17.3. The van der Waals surface area contributed by atoms with Crippen molar-refractivity contribution in [1.82, 2.24) is 20.0 Å². The number of pyridine rings is 1. The van der Waals surface area contributed by atoms with Crippen molar-refractivity contribution in [1.29, 1.82) is 0 Å². The minimum absolute atomic E-state index is 0.0245. The molecule has 1 atom stereocenters. The summed E-state index contributed by atoms with van der Waals surface area (Å²) in [6.07, 6.45) is 6.24. The molecule has 26 heavy (non-hydrogen) atoms. The van der Waals surface area contributed by atoms with E-state index < -0.39 is 0 Å². The zero-order chi connectivity index (χ0) is 17.9. The number of nitrogens with zero attached hydrogens (tertiary/aromatic N) is 4. The third-order valence-electron chi connectivity index (χ3n) is 4.80. The SMILES string of the molecule is Cc1ccccc1C(=O)N1CCCC[C@H]1c1nc(-c2ccncc2)no1. The number of aromatic nitrogens is 3.